The molecule has 2 N–H and O–H groups in total. The van der Waals surface area contributed by atoms with Gasteiger partial charge in [-0.15, -0.1) is 11.3 Å². The Morgan fingerprint density at radius 2 is 2.20 bits per heavy atom. The topological polar surface area (TPSA) is 80.3 Å². The molecule has 0 radical (unpaired) electrons. The van der Waals surface area contributed by atoms with Gasteiger partial charge in [-0.3, -0.25) is 4.79 Å². The summed E-state index contributed by atoms with van der Waals surface area (Å²) in [5, 5.41) is 6.20. The summed E-state index contributed by atoms with van der Waals surface area (Å²) in [6, 6.07) is 0.0689. The third-order valence-electron chi connectivity index (χ3n) is 2.89. The molecule has 7 heteroatoms. The zero-order valence-corrected chi connectivity index (χ0v) is 12.7. The molecule has 0 bridgehead atoms. The molecule has 0 aliphatic heterocycles. The van der Waals surface area contributed by atoms with Gasteiger partial charge in [0.05, 0.1) is 11.8 Å². The van der Waals surface area contributed by atoms with Crippen molar-refractivity contribution in [2.75, 3.05) is 5.32 Å². The Kier molecular flexibility index (Phi) is 4.59. The van der Waals surface area contributed by atoms with Crippen LogP contribution in [0.25, 0.3) is 0 Å². The molecule has 2 rings (SSSR count). The van der Waals surface area contributed by atoms with Crippen LogP contribution in [0.1, 0.15) is 37.8 Å². The number of nitrogens with one attached hydrogen (secondary N) is 2. The lowest BCUT2D eigenvalue weighted by Gasteiger charge is -2.22. The van der Waals surface area contributed by atoms with E-state index in [1.165, 1.54) is 18.3 Å². The summed E-state index contributed by atoms with van der Waals surface area (Å²) in [6.45, 7) is 5.11. The van der Waals surface area contributed by atoms with Crippen molar-refractivity contribution in [2.45, 2.75) is 52.2 Å². The van der Waals surface area contributed by atoms with Crippen LogP contribution in [0.15, 0.2) is 0 Å². The molecule has 1 aliphatic rings. The summed E-state index contributed by atoms with van der Waals surface area (Å²) in [5.74, 6) is -0.119. The monoisotopic (exact) mass is 297 g/mol. The van der Waals surface area contributed by atoms with Crippen LogP contribution in [0.3, 0.4) is 0 Å². The number of rotatable bonds is 3. The highest BCUT2D eigenvalue weighted by molar-refractivity contribution is 7.15. The van der Waals surface area contributed by atoms with Gasteiger partial charge in [0.2, 0.25) is 5.91 Å². The minimum absolute atomic E-state index is 0.0689. The SMILES string of the molecule is CC(=O)Nc1nc2c(s1)CC(NC(=O)OC(C)C)CC2. The van der Waals surface area contributed by atoms with Gasteiger partial charge in [0.15, 0.2) is 5.13 Å². The van der Waals surface area contributed by atoms with Crippen LogP contribution in [-0.4, -0.2) is 29.1 Å². The second-order valence-corrected chi connectivity index (χ2v) is 6.19. The van der Waals surface area contributed by atoms with E-state index < -0.39 is 0 Å². The van der Waals surface area contributed by atoms with Gasteiger partial charge in [0.1, 0.15) is 0 Å². The van der Waals surface area contributed by atoms with Crippen LogP contribution >= 0.6 is 11.3 Å². The first kappa shape index (κ1) is 14.8. The van der Waals surface area contributed by atoms with Gasteiger partial charge >= 0.3 is 6.09 Å². The molecular weight excluding hydrogens is 278 g/mol. The fourth-order valence-electron chi connectivity index (χ4n) is 2.12. The fourth-order valence-corrected chi connectivity index (χ4v) is 3.25. The molecule has 0 aromatic carbocycles. The van der Waals surface area contributed by atoms with Gasteiger partial charge in [-0.05, 0) is 26.7 Å². The summed E-state index contributed by atoms with van der Waals surface area (Å²) in [6.07, 6.45) is 1.88. The minimum atomic E-state index is -0.375. The maximum atomic E-state index is 11.6. The number of ether oxygens (including phenoxy) is 1. The van der Waals surface area contributed by atoms with Crippen LogP contribution in [0.2, 0.25) is 0 Å². The molecule has 0 saturated carbocycles. The van der Waals surface area contributed by atoms with E-state index in [1.54, 1.807) is 0 Å². The normalized spacial score (nSPS) is 17.5. The number of hydrogen-bond donors (Lipinski definition) is 2. The maximum absolute atomic E-state index is 11.6. The van der Waals surface area contributed by atoms with Crippen molar-refractivity contribution in [2.24, 2.45) is 0 Å². The average Bonchev–Trinajstić information content (AvgIpc) is 2.67. The summed E-state index contributed by atoms with van der Waals surface area (Å²) in [4.78, 5) is 28.1. The van der Waals surface area contributed by atoms with Crippen molar-refractivity contribution in [1.29, 1.82) is 0 Å². The number of aromatic nitrogens is 1. The van der Waals surface area contributed by atoms with Crippen molar-refractivity contribution >= 4 is 28.5 Å². The van der Waals surface area contributed by atoms with Crippen LogP contribution < -0.4 is 10.6 Å². The molecule has 1 aliphatic carbocycles. The lowest BCUT2D eigenvalue weighted by molar-refractivity contribution is -0.114. The Morgan fingerprint density at radius 3 is 2.85 bits per heavy atom. The standard InChI is InChI=1S/C13H19N3O3S/c1-7(2)19-13(18)15-9-4-5-10-11(6-9)20-12(16-10)14-8(3)17/h7,9H,4-6H2,1-3H3,(H,15,18)(H,14,16,17). The van der Waals surface area contributed by atoms with Crippen LogP contribution in [0, 0.1) is 0 Å². The van der Waals surface area contributed by atoms with Crippen molar-refractivity contribution in [3.05, 3.63) is 10.6 Å². The first-order valence-electron chi connectivity index (χ1n) is 6.67. The number of fused-ring (bicyclic) bond motifs is 1. The zero-order valence-electron chi connectivity index (χ0n) is 11.9. The summed E-state index contributed by atoms with van der Waals surface area (Å²) >= 11 is 1.47. The Morgan fingerprint density at radius 1 is 1.45 bits per heavy atom. The molecule has 1 aromatic rings. The third kappa shape index (κ3) is 3.93. The van der Waals surface area contributed by atoms with E-state index >= 15 is 0 Å². The van der Waals surface area contributed by atoms with Gasteiger partial charge < -0.3 is 15.4 Å². The number of nitrogens with zero attached hydrogens (tertiary/aromatic N) is 1. The van der Waals surface area contributed by atoms with E-state index in [0.717, 1.165) is 29.8 Å². The average molecular weight is 297 g/mol. The van der Waals surface area contributed by atoms with Gasteiger partial charge in [-0.2, -0.15) is 0 Å². The molecule has 1 unspecified atom stereocenters. The van der Waals surface area contributed by atoms with Gasteiger partial charge in [-0.1, -0.05) is 0 Å². The molecule has 1 heterocycles. The predicted molar refractivity (Wildman–Crippen MR) is 77.0 cm³/mol. The maximum Gasteiger partial charge on any atom is 0.407 e. The van der Waals surface area contributed by atoms with Gasteiger partial charge in [0.25, 0.3) is 0 Å². The molecule has 1 aromatic heterocycles. The van der Waals surface area contributed by atoms with Crippen molar-refractivity contribution in [3.8, 4) is 0 Å². The molecule has 2 amide bonds. The lowest BCUT2D eigenvalue weighted by Crippen LogP contribution is -2.39. The van der Waals surface area contributed by atoms with E-state index in [9.17, 15) is 9.59 Å². The quantitative estimate of drug-likeness (QED) is 0.895. The number of alkyl carbamates (subject to hydrolysis) is 1. The second kappa shape index (κ2) is 6.21. The van der Waals surface area contributed by atoms with Crippen LogP contribution in [0.5, 0.6) is 0 Å². The first-order valence-corrected chi connectivity index (χ1v) is 7.49. The predicted octanol–water partition coefficient (Wildman–Crippen LogP) is 2.09. The fraction of sp³-hybridized carbons (Fsp3) is 0.615. The molecule has 6 nitrogen and oxygen atoms in total. The molecule has 20 heavy (non-hydrogen) atoms. The van der Waals surface area contributed by atoms with Crippen LogP contribution in [0.4, 0.5) is 9.93 Å². The summed E-state index contributed by atoms with van der Waals surface area (Å²) < 4.78 is 5.08. The Balaban J connectivity index is 1.95. The van der Waals surface area contributed by atoms with E-state index in [1.807, 2.05) is 13.8 Å². The highest BCUT2D eigenvalue weighted by Crippen LogP contribution is 2.29. The Labute approximate surface area is 121 Å². The largest absolute Gasteiger partial charge is 0.447 e. The highest BCUT2D eigenvalue weighted by atomic mass is 32.1. The van der Waals surface area contributed by atoms with Crippen molar-refractivity contribution < 1.29 is 14.3 Å². The lowest BCUT2D eigenvalue weighted by atomic mass is 9.98. The molecule has 0 fully saturated rings. The summed E-state index contributed by atoms with van der Waals surface area (Å²) in [5.41, 5.74) is 1.02. The van der Waals surface area contributed by atoms with Gasteiger partial charge in [-0.25, -0.2) is 9.78 Å². The molecule has 0 saturated heterocycles. The zero-order chi connectivity index (χ0) is 14.7. The highest BCUT2D eigenvalue weighted by Gasteiger charge is 2.24. The summed E-state index contributed by atoms with van der Waals surface area (Å²) in [7, 11) is 0. The number of thiazole rings is 1. The second-order valence-electron chi connectivity index (χ2n) is 5.11. The van der Waals surface area contributed by atoms with Crippen molar-refractivity contribution in [1.82, 2.24) is 10.3 Å². The number of hydrogen-bond acceptors (Lipinski definition) is 5. The van der Waals surface area contributed by atoms with E-state index in [-0.39, 0.29) is 24.1 Å². The molecule has 0 spiro atoms. The smallest absolute Gasteiger partial charge is 0.407 e. The number of aryl methyl sites for hydroxylation is 1. The van der Waals surface area contributed by atoms with Crippen molar-refractivity contribution in [3.63, 3.8) is 0 Å². The molecule has 1 atom stereocenters. The number of carbonyl (C=O) groups is 2. The first-order chi connectivity index (χ1) is 9.44. The van der Waals surface area contributed by atoms with E-state index in [4.69, 9.17) is 4.74 Å². The van der Waals surface area contributed by atoms with E-state index in [0.29, 0.717) is 5.13 Å². The van der Waals surface area contributed by atoms with Gasteiger partial charge in [0, 0.05) is 24.3 Å². The van der Waals surface area contributed by atoms with E-state index in [2.05, 4.69) is 15.6 Å². The number of anilines is 1. The number of carbonyl (C=O) groups excluding carboxylic acids is 2. The number of amides is 2. The third-order valence-corrected chi connectivity index (χ3v) is 3.92. The minimum Gasteiger partial charge on any atom is -0.447 e. The molecule has 110 valence electrons. The van der Waals surface area contributed by atoms with Crippen LogP contribution in [-0.2, 0) is 22.4 Å². The molecular formula is C13H19N3O3S. The Bertz CT molecular complexity index is 513. The Hall–Kier alpha value is -1.63.